The number of rotatable bonds is 7. The van der Waals surface area contributed by atoms with Gasteiger partial charge in [-0.15, -0.1) is 0 Å². The summed E-state index contributed by atoms with van der Waals surface area (Å²) in [4.78, 5) is 15.5. The van der Waals surface area contributed by atoms with Crippen molar-refractivity contribution in [1.29, 1.82) is 0 Å². The van der Waals surface area contributed by atoms with E-state index in [1.165, 1.54) is 47.1 Å². The van der Waals surface area contributed by atoms with Crippen LogP contribution in [0.25, 0.3) is 16.9 Å². The highest BCUT2D eigenvalue weighted by atomic mass is 19.4. The lowest BCUT2D eigenvalue weighted by molar-refractivity contribution is -0.255. The Balaban J connectivity index is 1.80. The van der Waals surface area contributed by atoms with Crippen LogP contribution >= 0.6 is 0 Å². The van der Waals surface area contributed by atoms with Crippen LogP contribution in [-0.2, 0) is 0 Å². The fourth-order valence-corrected chi connectivity index (χ4v) is 3.54. The summed E-state index contributed by atoms with van der Waals surface area (Å²) in [5.74, 6) is -4.10. The Morgan fingerprint density at radius 2 is 1.94 bits per heavy atom. The van der Waals surface area contributed by atoms with E-state index in [4.69, 9.17) is 4.74 Å². The predicted molar refractivity (Wildman–Crippen MR) is 115 cm³/mol. The molecule has 0 aliphatic heterocycles. The number of fused-ring (bicyclic) bond motifs is 1. The van der Waals surface area contributed by atoms with E-state index >= 15 is 0 Å². The second kappa shape index (κ2) is 9.24. The summed E-state index contributed by atoms with van der Waals surface area (Å²) in [7, 11) is 0. The molecule has 0 unspecified atom stereocenters. The standard InChI is InChI=1S/C24H18F5N3O3/c1-13-9-14(5-6-16(13)23(33)34)19-11-31-22-18(30-8-7-24(27,28)29)10-15(12-32(19)22)35-20-4-2-3-17(25)21(20)26/h2-6,9-12,30H,7-8H2,1H3,(H,33,34)/p-1. The van der Waals surface area contributed by atoms with Gasteiger partial charge < -0.3 is 20.0 Å². The molecule has 0 spiro atoms. The molecule has 4 aromatic rings. The Morgan fingerprint density at radius 1 is 1.17 bits per heavy atom. The quantitative estimate of drug-likeness (QED) is 0.365. The maximum Gasteiger partial charge on any atom is 0.390 e. The van der Waals surface area contributed by atoms with Crippen molar-refractivity contribution in [3.63, 3.8) is 0 Å². The van der Waals surface area contributed by atoms with Crippen molar-refractivity contribution in [2.75, 3.05) is 11.9 Å². The van der Waals surface area contributed by atoms with Crippen LogP contribution in [-0.4, -0.2) is 28.1 Å². The number of carbonyl (C=O) groups is 1. The van der Waals surface area contributed by atoms with Crippen molar-refractivity contribution in [1.82, 2.24) is 9.38 Å². The fourth-order valence-electron chi connectivity index (χ4n) is 3.54. The maximum absolute atomic E-state index is 14.2. The summed E-state index contributed by atoms with van der Waals surface area (Å²) in [6.07, 6.45) is -2.63. The molecule has 1 N–H and O–H groups in total. The summed E-state index contributed by atoms with van der Waals surface area (Å²) < 4.78 is 72.8. The number of carboxylic acid groups (broad SMARTS) is 1. The largest absolute Gasteiger partial charge is 0.545 e. The number of hydrogen-bond acceptors (Lipinski definition) is 5. The minimum atomic E-state index is -4.39. The molecule has 6 nitrogen and oxygen atoms in total. The Labute approximate surface area is 195 Å². The molecule has 0 saturated carbocycles. The maximum atomic E-state index is 14.2. The van der Waals surface area contributed by atoms with E-state index in [2.05, 4.69) is 10.3 Å². The van der Waals surface area contributed by atoms with Gasteiger partial charge in [-0.25, -0.2) is 9.37 Å². The minimum absolute atomic E-state index is 0.00108. The van der Waals surface area contributed by atoms with Crippen molar-refractivity contribution >= 4 is 17.3 Å². The summed E-state index contributed by atoms with van der Waals surface area (Å²) in [6, 6.07) is 9.18. The van der Waals surface area contributed by atoms with Gasteiger partial charge in [-0.3, -0.25) is 4.40 Å². The van der Waals surface area contributed by atoms with E-state index in [1.54, 1.807) is 13.0 Å². The number of nitrogens with zero attached hydrogens (tertiary/aromatic N) is 2. The molecule has 0 saturated heterocycles. The number of hydrogen-bond donors (Lipinski definition) is 1. The first-order valence-electron chi connectivity index (χ1n) is 10.3. The second-order valence-corrected chi connectivity index (χ2v) is 7.69. The molecule has 2 aromatic heterocycles. The van der Waals surface area contributed by atoms with E-state index in [9.17, 15) is 31.9 Å². The molecule has 0 amide bonds. The summed E-state index contributed by atoms with van der Waals surface area (Å²) in [5, 5.41) is 13.9. The summed E-state index contributed by atoms with van der Waals surface area (Å²) >= 11 is 0. The lowest BCUT2D eigenvalue weighted by Gasteiger charge is -2.14. The second-order valence-electron chi connectivity index (χ2n) is 7.69. The lowest BCUT2D eigenvalue weighted by atomic mass is 10.0. The van der Waals surface area contributed by atoms with Gasteiger partial charge in [0.15, 0.2) is 17.2 Å². The molecule has 0 atom stereocenters. The molecule has 4 rings (SSSR count). The fraction of sp³-hybridized carbons (Fsp3) is 0.167. The van der Waals surface area contributed by atoms with E-state index in [0.717, 1.165) is 6.07 Å². The van der Waals surface area contributed by atoms with Gasteiger partial charge in [0.25, 0.3) is 0 Å². The molecule has 0 fully saturated rings. The van der Waals surface area contributed by atoms with Gasteiger partial charge in [-0.2, -0.15) is 17.6 Å². The molecule has 35 heavy (non-hydrogen) atoms. The molecule has 0 bridgehead atoms. The van der Waals surface area contributed by atoms with Crippen LogP contribution < -0.4 is 15.2 Å². The monoisotopic (exact) mass is 490 g/mol. The van der Waals surface area contributed by atoms with Gasteiger partial charge in [-0.1, -0.05) is 18.2 Å². The van der Waals surface area contributed by atoms with E-state index in [-0.39, 0.29) is 22.6 Å². The number of carbonyl (C=O) groups excluding carboxylic acids is 1. The molecule has 0 aliphatic carbocycles. The number of ether oxygens (including phenoxy) is 1. The number of halogens is 5. The molecule has 11 heteroatoms. The normalized spacial score (nSPS) is 11.6. The first-order valence-corrected chi connectivity index (χ1v) is 10.3. The zero-order valence-electron chi connectivity index (χ0n) is 18.1. The molecular weight excluding hydrogens is 473 g/mol. The highest BCUT2D eigenvalue weighted by Crippen LogP contribution is 2.33. The zero-order chi connectivity index (χ0) is 25.3. The number of aromatic nitrogens is 2. The average Bonchev–Trinajstić information content (AvgIpc) is 3.20. The van der Waals surface area contributed by atoms with Crippen molar-refractivity contribution in [2.24, 2.45) is 0 Å². The minimum Gasteiger partial charge on any atom is -0.545 e. The number of nitrogens with one attached hydrogen (secondary N) is 1. The topological polar surface area (TPSA) is 78.7 Å². The summed E-state index contributed by atoms with van der Waals surface area (Å²) in [5.41, 5.74) is 1.85. The van der Waals surface area contributed by atoms with E-state index in [0.29, 0.717) is 16.8 Å². The van der Waals surface area contributed by atoms with Crippen molar-refractivity contribution in [2.45, 2.75) is 19.5 Å². The highest BCUT2D eigenvalue weighted by Gasteiger charge is 2.26. The molecule has 0 aliphatic rings. The molecule has 182 valence electrons. The Hall–Kier alpha value is -4.15. The van der Waals surface area contributed by atoms with Crippen molar-refractivity contribution < 1.29 is 36.6 Å². The molecule has 2 heterocycles. The number of alkyl halides is 3. The first kappa shape index (κ1) is 24.0. The van der Waals surface area contributed by atoms with Gasteiger partial charge in [0.1, 0.15) is 5.75 Å². The van der Waals surface area contributed by atoms with Gasteiger partial charge in [0.2, 0.25) is 5.82 Å². The number of imidazole rings is 1. The third-order valence-electron chi connectivity index (χ3n) is 5.19. The van der Waals surface area contributed by atoms with Crippen LogP contribution in [0.3, 0.4) is 0 Å². The number of pyridine rings is 1. The Morgan fingerprint density at radius 3 is 2.63 bits per heavy atom. The number of anilines is 1. The van der Waals surface area contributed by atoms with Gasteiger partial charge in [-0.05, 0) is 30.7 Å². The van der Waals surface area contributed by atoms with Crippen LogP contribution in [0.5, 0.6) is 11.5 Å². The van der Waals surface area contributed by atoms with Gasteiger partial charge >= 0.3 is 6.18 Å². The van der Waals surface area contributed by atoms with Crippen LogP contribution in [0.1, 0.15) is 22.3 Å². The van der Waals surface area contributed by atoms with E-state index < -0.39 is 42.5 Å². The van der Waals surface area contributed by atoms with Crippen LogP contribution in [0, 0.1) is 18.6 Å². The molecular formula is C24H17F5N3O3-. The third-order valence-corrected chi connectivity index (χ3v) is 5.19. The Bertz CT molecular complexity index is 1420. The molecule has 0 radical (unpaired) electrons. The van der Waals surface area contributed by atoms with Crippen LogP contribution in [0.15, 0.2) is 54.9 Å². The first-order chi connectivity index (χ1) is 16.5. The Kier molecular flexibility index (Phi) is 6.33. The highest BCUT2D eigenvalue weighted by molar-refractivity contribution is 5.88. The SMILES string of the molecule is Cc1cc(-c2cnc3c(NCCC(F)(F)F)cc(Oc4cccc(F)c4F)cn23)ccc1C(=O)[O-]. The summed E-state index contributed by atoms with van der Waals surface area (Å²) in [6.45, 7) is 1.13. The van der Waals surface area contributed by atoms with Gasteiger partial charge in [0, 0.05) is 23.7 Å². The number of aryl methyl sites for hydroxylation is 1. The number of aromatic carboxylic acids is 1. The van der Waals surface area contributed by atoms with Gasteiger partial charge in [0.05, 0.1) is 36.2 Å². The van der Waals surface area contributed by atoms with Crippen molar-refractivity contribution in [3.05, 3.63) is 77.6 Å². The molecule has 2 aromatic carbocycles. The predicted octanol–water partition coefficient (Wildman–Crippen LogP) is 5.11. The van der Waals surface area contributed by atoms with Crippen LogP contribution in [0.2, 0.25) is 0 Å². The smallest absolute Gasteiger partial charge is 0.390 e. The lowest BCUT2D eigenvalue weighted by Crippen LogP contribution is -2.23. The van der Waals surface area contributed by atoms with Crippen LogP contribution in [0.4, 0.5) is 27.6 Å². The van der Waals surface area contributed by atoms with E-state index in [1.807, 2.05) is 0 Å². The number of benzene rings is 2. The number of carboxylic acids is 1. The third kappa shape index (κ3) is 5.18. The van der Waals surface area contributed by atoms with Crippen molar-refractivity contribution in [3.8, 4) is 22.8 Å². The zero-order valence-corrected chi connectivity index (χ0v) is 18.1. The average molecular weight is 490 g/mol.